The third-order valence-electron chi connectivity index (χ3n) is 5.64. The molecule has 0 N–H and O–H groups in total. The van der Waals surface area contributed by atoms with Crippen LogP contribution in [0.2, 0.25) is 0 Å². The van der Waals surface area contributed by atoms with E-state index >= 15 is 0 Å². The van der Waals surface area contributed by atoms with E-state index in [1.54, 1.807) is 12.1 Å². The Hall–Kier alpha value is -3.60. The average molecular weight is 416 g/mol. The summed E-state index contributed by atoms with van der Waals surface area (Å²) in [6.45, 7) is 0.537. The van der Waals surface area contributed by atoms with Gasteiger partial charge in [0, 0.05) is 18.1 Å². The maximum absolute atomic E-state index is 14.0. The topological polar surface area (TPSA) is 44.8 Å². The molecule has 31 heavy (non-hydrogen) atoms. The number of halogens is 1. The van der Waals surface area contributed by atoms with Crippen molar-refractivity contribution in [3.05, 3.63) is 95.3 Å². The molecule has 4 nitrogen and oxygen atoms in total. The second-order valence-electron chi connectivity index (χ2n) is 7.77. The van der Waals surface area contributed by atoms with E-state index in [4.69, 9.17) is 14.2 Å². The highest BCUT2D eigenvalue weighted by Crippen LogP contribution is 2.42. The van der Waals surface area contributed by atoms with E-state index in [1.165, 1.54) is 12.1 Å². The summed E-state index contributed by atoms with van der Waals surface area (Å²) in [5.41, 5.74) is 3.61. The Balaban J connectivity index is 1.42. The smallest absolute Gasteiger partial charge is 0.231 e. The van der Waals surface area contributed by atoms with Crippen molar-refractivity contribution in [2.24, 2.45) is 0 Å². The zero-order chi connectivity index (χ0) is 21.2. The molecule has 0 aromatic heterocycles. The lowest BCUT2D eigenvalue weighted by atomic mass is 9.80. The summed E-state index contributed by atoms with van der Waals surface area (Å²) in [6, 6.07) is 20.0. The predicted molar refractivity (Wildman–Crippen MR) is 115 cm³/mol. The molecule has 0 saturated carbocycles. The summed E-state index contributed by atoms with van der Waals surface area (Å²) >= 11 is 0. The number of ether oxygens (including phenoxy) is 3. The van der Waals surface area contributed by atoms with Gasteiger partial charge in [-0.2, -0.15) is 0 Å². The van der Waals surface area contributed by atoms with Crippen molar-refractivity contribution in [3.63, 3.8) is 0 Å². The summed E-state index contributed by atoms with van der Waals surface area (Å²) in [5, 5.41) is 0. The third-order valence-corrected chi connectivity index (χ3v) is 5.64. The van der Waals surface area contributed by atoms with Crippen LogP contribution < -0.4 is 14.2 Å². The fraction of sp³-hybridized carbons (Fsp3) is 0.192. The van der Waals surface area contributed by atoms with Crippen molar-refractivity contribution in [1.82, 2.24) is 0 Å². The first-order chi connectivity index (χ1) is 15.2. The molecule has 2 aliphatic rings. The molecule has 1 atom stereocenters. The number of fused-ring (bicyclic) bond motifs is 1. The number of carbonyl (C=O) groups excluding carboxylic acids is 1. The number of hydrogen-bond acceptors (Lipinski definition) is 4. The van der Waals surface area contributed by atoms with Crippen LogP contribution in [-0.4, -0.2) is 12.6 Å². The van der Waals surface area contributed by atoms with Gasteiger partial charge < -0.3 is 14.2 Å². The second-order valence-corrected chi connectivity index (χ2v) is 7.77. The number of ketones is 1. The second kappa shape index (κ2) is 8.26. The van der Waals surface area contributed by atoms with E-state index in [-0.39, 0.29) is 24.3 Å². The molecule has 0 radical (unpaired) electrons. The van der Waals surface area contributed by atoms with Crippen molar-refractivity contribution in [1.29, 1.82) is 0 Å². The lowest BCUT2D eigenvalue weighted by Gasteiger charge is -2.24. The largest absolute Gasteiger partial charge is 0.488 e. The fourth-order valence-corrected chi connectivity index (χ4v) is 4.10. The van der Waals surface area contributed by atoms with Crippen LogP contribution in [0, 0.1) is 5.82 Å². The number of allylic oxidation sites excluding steroid dienone is 2. The maximum Gasteiger partial charge on any atom is 0.231 e. The molecule has 0 bridgehead atoms. The first-order valence-electron chi connectivity index (χ1n) is 10.3. The van der Waals surface area contributed by atoms with Crippen molar-refractivity contribution in [2.45, 2.75) is 25.4 Å². The minimum absolute atomic E-state index is 0.00836. The van der Waals surface area contributed by atoms with Gasteiger partial charge in [-0.25, -0.2) is 4.39 Å². The van der Waals surface area contributed by atoms with Crippen molar-refractivity contribution in [3.8, 4) is 17.2 Å². The number of benzene rings is 3. The molecule has 1 heterocycles. The molecule has 5 rings (SSSR count). The molecule has 0 unspecified atom stereocenters. The van der Waals surface area contributed by atoms with Crippen molar-refractivity contribution >= 4 is 11.4 Å². The molecule has 0 amide bonds. The average Bonchev–Trinajstić information content (AvgIpc) is 3.26. The Kier molecular flexibility index (Phi) is 5.16. The molecular formula is C26H21FO4. The Morgan fingerprint density at radius 3 is 2.65 bits per heavy atom. The van der Waals surface area contributed by atoms with Crippen LogP contribution in [0.3, 0.4) is 0 Å². The van der Waals surface area contributed by atoms with Gasteiger partial charge in [-0.1, -0.05) is 36.4 Å². The quantitative estimate of drug-likeness (QED) is 0.538. The molecule has 0 fully saturated rings. The lowest BCUT2D eigenvalue weighted by molar-refractivity contribution is -0.115. The highest BCUT2D eigenvalue weighted by atomic mass is 19.1. The molecule has 0 saturated heterocycles. The summed E-state index contributed by atoms with van der Waals surface area (Å²) in [4.78, 5) is 12.6. The lowest BCUT2D eigenvalue weighted by Crippen LogP contribution is -2.13. The summed E-state index contributed by atoms with van der Waals surface area (Å²) in [7, 11) is 0. The zero-order valence-electron chi connectivity index (χ0n) is 16.8. The van der Waals surface area contributed by atoms with Gasteiger partial charge in [0.2, 0.25) is 6.79 Å². The minimum Gasteiger partial charge on any atom is -0.488 e. The van der Waals surface area contributed by atoms with Crippen LogP contribution in [-0.2, 0) is 11.4 Å². The SMILES string of the molecule is O=C1C=C(c2ccc(F)cc2OCc2ccccc2)C[C@@H](c2ccc3c(c2)OCO3)C1. The molecule has 3 aromatic carbocycles. The maximum atomic E-state index is 14.0. The van der Waals surface area contributed by atoms with Gasteiger partial charge in [-0.05, 0) is 59.4 Å². The highest BCUT2D eigenvalue weighted by Gasteiger charge is 2.26. The van der Waals surface area contributed by atoms with Gasteiger partial charge in [0.05, 0.1) is 0 Å². The third kappa shape index (κ3) is 4.17. The van der Waals surface area contributed by atoms with Gasteiger partial charge in [0.15, 0.2) is 17.3 Å². The van der Waals surface area contributed by atoms with Gasteiger partial charge >= 0.3 is 0 Å². The Morgan fingerprint density at radius 1 is 0.935 bits per heavy atom. The Bertz CT molecular complexity index is 1150. The number of hydrogen-bond donors (Lipinski definition) is 0. The van der Waals surface area contributed by atoms with Crippen molar-refractivity contribution in [2.75, 3.05) is 6.79 Å². The summed E-state index contributed by atoms with van der Waals surface area (Å²) in [5.74, 6) is 1.54. The predicted octanol–water partition coefficient (Wildman–Crippen LogP) is 5.66. The minimum atomic E-state index is -0.373. The van der Waals surface area contributed by atoms with E-state index in [2.05, 4.69) is 0 Å². The Morgan fingerprint density at radius 2 is 1.77 bits per heavy atom. The van der Waals surface area contributed by atoms with E-state index < -0.39 is 0 Å². The summed E-state index contributed by atoms with van der Waals surface area (Å²) < 4.78 is 30.8. The monoisotopic (exact) mass is 416 g/mol. The van der Waals surface area contributed by atoms with Crippen LogP contribution in [0.25, 0.3) is 5.57 Å². The zero-order valence-corrected chi connectivity index (χ0v) is 16.8. The number of carbonyl (C=O) groups is 1. The van der Waals surface area contributed by atoms with Crippen LogP contribution in [0.4, 0.5) is 4.39 Å². The summed E-state index contributed by atoms with van der Waals surface area (Å²) in [6.07, 6.45) is 2.73. The molecule has 1 aliphatic carbocycles. The van der Waals surface area contributed by atoms with Crippen LogP contribution >= 0.6 is 0 Å². The van der Waals surface area contributed by atoms with Gasteiger partial charge in [-0.3, -0.25) is 4.79 Å². The highest BCUT2D eigenvalue weighted by molar-refractivity contribution is 6.00. The van der Waals surface area contributed by atoms with E-state index in [0.29, 0.717) is 30.9 Å². The Labute approximate surface area is 179 Å². The first-order valence-corrected chi connectivity index (χ1v) is 10.3. The molecular weight excluding hydrogens is 395 g/mol. The van der Waals surface area contributed by atoms with Crippen LogP contribution in [0.15, 0.2) is 72.8 Å². The van der Waals surface area contributed by atoms with Crippen LogP contribution in [0.5, 0.6) is 17.2 Å². The first kappa shape index (κ1) is 19.4. The van der Waals surface area contributed by atoms with E-state index in [9.17, 15) is 9.18 Å². The van der Waals surface area contributed by atoms with Gasteiger partial charge in [0.1, 0.15) is 18.2 Å². The van der Waals surface area contributed by atoms with E-state index in [1.807, 2.05) is 48.5 Å². The normalized spacial score (nSPS) is 17.4. The van der Waals surface area contributed by atoms with Crippen LogP contribution in [0.1, 0.15) is 35.4 Å². The fourth-order valence-electron chi connectivity index (χ4n) is 4.10. The van der Waals surface area contributed by atoms with Crippen molar-refractivity contribution < 1.29 is 23.4 Å². The molecule has 0 spiro atoms. The van der Waals surface area contributed by atoms with Gasteiger partial charge in [0.25, 0.3) is 0 Å². The van der Waals surface area contributed by atoms with Gasteiger partial charge in [-0.15, -0.1) is 0 Å². The molecule has 156 valence electrons. The number of rotatable bonds is 5. The molecule has 1 aliphatic heterocycles. The molecule has 5 heteroatoms. The van der Waals surface area contributed by atoms with E-state index in [0.717, 1.165) is 28.0 Å². The molecule has 3 aromatic rings. The standard InChI is InChI=1S/C26H21FO4/c27-21-7-8-23(25(14-21)29-15-17-4-2-1-3-5-17)20-10-19(11-22(28)12-20)18-6-9-24-26(13-18)31-16-30-24/h1-9,12-14,19H,10-11,15-16H2/t19-/m1/s1.